The molecule has 0 saturated heterocycles. The van der Waals surface area contributed by atoms with Gasteiger partial charge in [-0.3, -0.25) is 0 Å². The third kappa shape index (κ3) is 144. The van der Waals surface area contributed by atoms with Gasteiger partial charge in [-0.25, -0.2) is 0 Å². The van der Waals surface area contributed by atoms with E-state index in [1.54, 1.807) is 0 Å². The van der Waals surface area contributed by atoms with Gasteiger partial charge in [0, 0.05) is 0 Å². The van der Waals surface area contributed by atoms with Crippen LogP contribution in [0.4, 0.5) is 4.79 Å². The molecular weight excluding hydrogens is 277 g/mol. The van der Waals surface area contributed by atoms with Crippen molar-refractivity contribution in [1.29, 1.82) is 0 Å². The summed E-state index contributed by atoms with van der Waals surface area (Å²) >= 11 is 0. The first-order chi connectivity index (χ1) is 1.73. The Balaban J connectivity index is -0.00000000750. The van der Waals surface area contributed by atoms with E-state index in [0.717, 1.165) is 0 Å². The van der Waals surface area contributed by atoms with Crippen LogP contribution in [0.5, 0.6) is 0 Å². The van der Waals surface area contributed by atoms with Crippen LogP contribution >= 0.6 is 0 Å². The first-order valence-corrected chi connectivity index (χ1v) is 0.612. The van der Waals surface area contributed by atoms with Gasteiger partial charge in [0.2, 0.25) is 0 Å². The molecule has 0 rings (SSSR count). The van der Waals surface area contributed by atoms with Gasteiger partial charge in [-0.05, 0) is 6.16 Å². The largest absolute Gasteiger partial charge is 4.00 e. The summed E-state index contributed by atoms with van der Waals surface area (Å²) in [6.45, 7) is 0. The zero-order valence-corrected chi connectivity index (χ0v) is 9.75. The van der Waals surface area contributed by atoms with Crippen molar-refractivity contribution in [2.75, 3.05) is 0 Å². The van der Waals surface area contributed by atoms with Crippen molar-refractivity contribution in [3.05, 3.63) is 0 Å². The monoisotopic (exact) mass is 278 g/mol. The molecule has 0 aliphatic heterocycles. The minimum Gasteiger partial charge on any atom is -2.00 e. The predicted octanol–water partition coefficient (Wildman–Crippen LogP) is -3.07. The molecule has 0 saturated carbocycles. The van der Waals surface area contributed by atoms with E-state index < -0.39 is 6.16 Å². The molecule has 8 heavy (non-hydrogen) atoms. The Kier molecular flexibility index (Phi) is 100. The molecule has 0 aliphatic rings. The fourth-order valence-corrected chi connectivity index (χ4v) is 0. The number of carboxylic acid groups (broad SMARTS) is 2. The zero-order valence-electron chi connectivity index (χ0n) is 3.75. The Bertz CT molecular complexity index is 35.4. The van der Waals surface area contributed by atoms with Gasteiger partial charge in [-0.2, -0.15) is 0 Å². The predicted molar refractivity (Wildman–Crippen MR) is 12.5 cm³/mol. The molecule has 0 aromatic heterocycles. The van der Waals surface area contributed by atoms with Crippen LogP contribution in [-0.4, -0.2) is 55.0 Å². The number of carbonyl (C=O) groups is 1. The zero-order chi connectivity index (χ0) is 3.58. The molecular formula is CBaO5Ti. The van der Waals surface area contributed by atoms with Gasteiger partial charge in [0.1, 0.15) is 0 Å². The number of rotatable bonds is 0. The first-order valence-electron chi connectivity index (χ1n) is 0.612. The van der Waals surface area contributed by atoms with Crippen molar-refractivity contribution < 1.29 is 47.7 Å². The first kappa shape index (κ1) is 34.0. The van der Waals surface area contributed by atoms with E-state index in [-0.39, 0.29) is 81.6 Å². The number of hydrogen-bond donors (Lipinski definition) is 0. The summed E-state index contributed by atoms with van der Waals surface area (Å²) in [5.74, 6) is 0. The maximum absolute atomic E-state index is 8.33. The Labute approximate surface area is 101 Å². The molecule has 0 aromatic rings. The van der Waals surface area contributed by atoms with Gasteiger partial charge in [-0.1, -0.05) is 0 Å². The average Bonchev–Trinajstić information content (AvgIpc) is 0.811. The molecule has 0 amide bonds. The van der Waals surface area contributed by atoms with Gasteiger partial charge in [-0.15, -0.1) is 0 Å². The second-order valence-electron chi connectivity index (χ2n) is 0.250. The van der Waals surface area contributed by atoms with Crippen LogP contribution in [0.2, 0.25) is 0 Å². The molecule has 0 aliphatic carbocycles. The molecule has 7 heteroatoms. The molecule has 0 aromatic carbocycles. The number of hydrogen-bond acceptors (Lipinski definition) is 3. The average molecular weight is 277 g/mol. The van der Waals surface area contributed by atoms with Crippen molar-refractivity contribution in [1.82, 2.24) is 0 Å². The van der Waals surface area contributed by atoms with Crippen LogP contribution in [0.1, 0.15) is 0 Å². The SMILES string of the molecule is O=C([O-])[O-].[Ba+2].[O-2].[O-2].[Ti+4]. The fraction of sp³-hybridized carbons (Fsp3) is 0. The van der Waals surface area contributed by atoms with Crippen LogP contribution in [0.25, 0.3) is 0 Å². The van der Waals surface area contributed by atoms with Crippen molar-refractivity contribution in [2.45, 2.75) is 0 Å². The van der Waals surface area contributed by atoms with Crippen LogP contribution < -0.4 is 10.2 Å². The molecule has 5 nitrogen and oxygen atoms in total. The van der Waals surface area contributed by atoms with Crippen molar-refractivity contribution in [2.24, 2.45) is 0 Å². The third-order valence-electron chi connectivity index (χ3n) is 0. The Morgan fingerprint density at radius 3 is 1.12 bits per heavy atom. The standard InChI is InChI=1S/CH2O3.Ba.2O.Ti/c2-1(3)4;;;;/h(H2,2,3,4);;;;/q;+2;2*-2;+4/p-2. The molecule has 0 atom stereocenters. The molecule has 0 spiro atoms. The van der Waals surface area contributed by atoms with Gasteiger partial charge in [0.25, 0.3) is 0 Å². The topological polar surface area (TPSA) is 120 Å². The summed E-state index contributed by atoms with van der Waals surface area (Å²) in [5, 5.41) is 16.7. The van der Waals surface area contributed by atoms with Gasteiger partial charge in [0.15, 0.2) is 0 Å². The summed E-state index contributed by atoms with van der Waals surface area (Å²) in [4.78, 5) is 8.33. The van der Waals surface area contributed by atoms with Crippen LogP contribution in [-0.2, 0) is 32.7 Å². The molecule has 0 fully saturated rings. The van der Waals surface area contributed by atoms with Crippen LogP contribution in [0.3, 0.4) is 0 Å². The maximum Gasteiger partial charge on any atom is 4.00 e. The molecule has 0 radical (unpaired) electrons. The second kappa shape index (κ2) is 23.6. The van der Waals surface area contributed by atoms with Crippen molar-refractivity contribution in [3.63, 3.8) is 0 Å². The summed E-state index contributed by atoms with van der Waals surface area (Å²) < 4.78 is 0. The van der Waals surface area contributed by atoms with E-state index in [4.69, 9.17) is 15.0 Å². The summed E-state index contributed by atoms with van der Waals surface area (Å²) in [7, 11) is 0. The van der Waals surface area contributed by atoms with Crippen LogP contribution in [0.15, 0.2) is 0 Å². The minimum atomic E-state index is -2.33. The van der Waals surface area contributed by atoms with Gasteiger partial charge < -0.3 is 26.0 Å². The van der Waals surface area contributed by atoms with E-state index in [9.17, 15) is 0 Å². The normalized spacial score (nSPS) is 3.00. The summed E-state index contributed by atoms with van der Waals surface area (Å²) in [6.07, 6.45) is -2.33. The van der Waals surface area contributed by atoms with E-state index in [0.29, 0.717) is 0 Å². The Morgan fingerprint density at radius 1 is 1.12 bits per heavy atom. The molecule has 0 bridgehead atoms. The van der Waals surface area contributed by atoms with Crippen molar-refractivity contribution in [3.8, 4) is 0 Å². The van der Waals surface area contributed by atoms with E-state index in [1.807, 2.05) is 0 Å². The molecule has 0 unspecified atom stereocenters. The van der Waals surface area contributed by atoms with E-state index in [1.165, 1.54) is 0 Å². The number of carbonyl (C=O) groups excluding carboxylic acids is 1. The molecule has 0 N–H and O–H groups in total. The maximum atomic E-state index is 8.33. The van der Waals surface area contributed by atoms with E-state index >= 15 is 0 Å². The van der Waals surface area contributed by atoms with E-state index in [2.05, 4.69) is 0 Å². The van der Waals surface area contributed by atoms with Crippen LogP contribution in [0, 0.1) is 0 Å². The molecule has 0 heterocycles. The fourth-order valence-electron chi connectivity index (χ4n) is 0. The van der Waals surface area contributed by atoms with Gasteiger partial charge >= 0.3 is 70.6 Å². The molecule has 40 valence electrons. The quantitative estimate of drug-likeness (QED) is 0.437. The Hall–Kier alpha value is 1.48. The second-order valence-corrected chi connectivity index (χ2v) is 0.250. The van der Waals surface area contributed by atoms with Gasteiger partial charge in [0.05, 0.1) is 0 Å². The smallest absolute Gasteiger partial charge is 2.00 e. The summed E-state index contributed by atoms with van der Waals surface area (Å²) in [5.41, 5.74) is 0. The minimum absolute atomic E-state index is 0. The summed E-state index contributed by atoms with van der Waals surface area (Å²) in [6, 6.07) is 0. The van der Waals surface area contributed by atoms with Crippen molar-refractivity contribution >= 4 is 55.0 Å². The Morgan fingerprint density at radius 2 is 1.12 bits per heavy atom. The third-order valence-corrected chi connectivity index (χ3v) is 0.